The number of nitrogens with one attached hydrogen (secondary N) is 1. The zero-order valence-electron chi connectivity index (χ0n) is 10.2. The number of rotatable bonds is 4. The summed E-state index contributed by atoms with van der Waals surface area (Å²) in [5.41, 5.74) is 0. The highest BCUT2D eigenvalue weighted by Crippen LogP contribution is 2.26. The first-order chi connectivity index (χ1) is 7.40. The highest BCUT2D eigenvalue weighted by molar-refractivity contribution is 4.84. The molecule has 1 N–H and O–H groups in total. The maximum Gasteiger partial charge on any atom is 0.0195 e. The summed E-state index contributed by atoms with van der Waals surface area (Å²) in [4.78, 5) is 2.75. The Morgan fingerprint density at radius 2 is 1.93 bits per heavy atom. The molecule has 2 rings (SSSR count). The molecule has 2 aliphatic rings. The lowest BCUT2D eigenvalue weighted by atomic mass is 10.0. The third kappa shape index (κ3) is 3.18. The smallest absolute Gasteiger partial charge is 0.0195 e. The van der Waals surface area contributed by atoms with E-state index in [0.29, 0.717) is 0 Å². The van der Waals surface area contributed by atoms with E-state index in [0.717, 1.165) is 12.1 Å². The molecular weight excluding hydrogens is 184 g/mol. The number of hydrogen-bond acceptors (Lipinski definition) is 2. The van der Waals surface area contributed by atoms with E-state index in [4.69, 9.17) is 0 Å². The summed E-state index contributed by atoms with van der Waals surface area (Å²) in [5, 5.41) is 3.68. The van der Waals surface area contributed by atoms with Crippen molar-refractivity contribution in [2.75, 3.05) is 19.6 Å². The normalized spacial score (nSPS) is 29.8. The van der Waals surface area contributed by atoms with Crippen LogP contribution < -0.4 is 5.32 Å². The first kappa shape index (κ1) is 11.4. The van der Waals surface area contributed by atoms with Gasteiger partial charge in [0.1, 0.15) is 0 Å². The predicted octanol–water partition coefficient (Wildman–Crippen LogP) is 2.39. The Morgan fingerprint density at radius 3 is 2.67 bits per heavy atom. The molecule has 1 aliphatic heterocycles. The molecule has 2 fully saturated rings. The van der Waals surface area contributed by atoms with E-state index >= 15 is 0 Å². The SMILES string of the molecule is CCCNC1CCCN(C2CCCC2)C1. The molecule has 0 aromatic rings. The van der Waals surface area contributed by atoms with Gasteiger partial charge in [0.25, 0.3) is 0 Å². The average Bonchev–Trinajstić information content (AvgIpc) is 2.80. The predicted molar refractivity (Wildman–Crippen MR) is 65.1 cm³/mol. The summed E-state index contributed by atoms with van der Waals surface area (Å²) in [5.74, 6) is 0. The number of likely N-dealkylation sites (tertiary alicyclic amines) is 1. The second kappa shape index (κ2) is 5.86. The van der Waals surface area contributed by atoms with Crippen LogP contribution in [0.5, 0.6) is 0 Å². The summed E-state index contributed by atoms with van der Waals surface area (Å²) >= 11 is 0. The van der Waals surface area contributed by atoms with Crippen LogP contribution in [0.2, 0.25) is 0 Å². The molecule has 0 spiro atoms. The lowest BCUT2D eigenvalue weighted by Crippen LogP contribution is -2.49. The van der Waals surface area contributed by atoms with Gasteiger partial charge in [-0.3, -0.25) is 4.90 Å². The van der Waals surface area contributed by atoms with E-state index < -0.39 is 0 Å². The molecule has 2 nitrogen and oxygen atoms in total. The highest BCUT2D eigenvalue weighted by Gasteiger charge is 2.27. The van der Waals surface area contributed by atoms with E-state index in [2.05, 4.69) is 17.1 Å². The molecule has 1 aliphatic carbocycles. The summed E-state index contributed by atoms with van der Waals surface area (Å²) in [6, 6.07) is 1.70. The Hall–Kier alpha value is -0.0800. The van der Waals surface area contributed by atoms with Gasteiger partial charge in [-0.05, 0) is 45.2 Å². The van der Waals surface area contributed by atoms with Crippen LogP contribution in [0.1, 0.15) is 51.9 Å². The monoisotopic (exact) mass is 210 g/mol. The largest absolute Gasteiger partial charge is 0.313 e. The van der Waals surface area contributed by atoms with Crippen LogP contribution in [0.25, 0.3) is 0 Å². The molecule has 2 heteroatoms. The third-order valence-corrected chi connectivity index (χ3v) is 3.98. The number of hydrogen-bond donors (Lipinski definition) is 1. The second-order valence-corrected chi connectivity index (χ2v) is 5.23. The van der Waals surface area contributed by atoms with Gasteiger partial charge in [-0.1, -0.05) is 19.8 Å². The maximum atomic E-state index is 3.68. The standard InChI is InChI=1S/C13H26N2/c1-2-9-14-12-6-5-10-15(11-12)13-7-3-4-8-13/h12-14H,2-11H2,1H3. The van der Waals surface area contributed by atoms with Crippen LogP contribution in [0, 0.1) is 0 Å². The molecule has 0 aromatic heterocycles. The van der Waals surface area contributed by atoms with Gasteiger partial charge < -0.3 is 5.32 Å². The van der Waals surface area contributed by atoms with Gasteiger partial charge in [-0.15, -0.1) is 0 Å². The van der Waals surface area contributed by atoms with Crippen LogP contribution >= 0.6 is 0 Å². The minimum Gasteiger partial charge on any atom is -0.313 e. The van der Waals surface area contributed by atoms with Crippen molar-refractivity contribution in [1.82, 2.24) is 10.2 Å². The molecule has 0 aromatic carbocycles. The van der Waals surface area contributed by atoms with Crippen LogP contribution in [0.4, 0.5) is 0 Å². The number of piperidine rings is 1. The van der Waals surface area contributed by atoms with Gasteiger partial charge in [0, 0.05) is 18.6 Å². The Balaban J connectivity index is 1.75. The van der Waals surface area contributed by atoms with Gasteiger partial charge >= 0.3 is 0 Å². The van der Waals surface area contributed by atoms with Crippen molar-refractivity contribution >= 4 is 0 Å². The molecule has 1 atom stereocenters. The van der Waals surface area contributed by atoms with Gasteiger partial charge in [-0.2, -0.15) is 0 Å². The van der Waals surface area contributed by atoms with Gasteiger partial charge in [0.2, 0.25) is 0 Å². The fraction of sp³-hybridized carbons (Fsp3) is 1.00. The van der Waals surface area contributed by atoms with Crippen molar-refractivity contribution in [2.45, 2.75) is 64.0 Å². The van der Waals surface area contributed by atoms with Crippen molar-refractivity contribution in [1.29, 1.82) is 0 Å². The summed E-state index contributed by atoms with van der Waals surface area (Å²) in [6.45, 7) is 6.12. The highest BCUT2D eigenvalue weighted by atomic mass is 15.2. The molecule has 15 heavy (non-hydrogen) atoms. The van der Waals surface area contributed by atoms with Crippen molar-refractivity contribution in [3.05, 3.63) is 0 Å². The van der Waals surface area contributed by atoms with Gasteiger partial charge in [0.05, 0.1) is 0 Å². The first-order valence-corrected chi connectivity index (χ1v) is 6.87. The average molecular weight is 210 g/mol. The number of nitrogens with zero attached hydrogens (tertiary/aromatic N) is 1. The molecule has 1 saturated carbocycles. The van der Waals surface area contributed by atoms with Crippen molar-refractivity contribution in [3.8, 4) is 0 Å². The Bertz CT molecular complexity index is 175. The fourth-order valence-corrected chi connectivity index (χ4v) is 3.12. The summed E-state index contributed by atoms with van der Waals surface area (Å²) in [6.07, 6.45) is 9.91. The molecule has 0 bridgehead atoms. The molecule has 0 radical (unpaired) electrons. The quantitative estimate of drug-likeness (QED) is 0.766. The lowest BCUT2D eigenvalue weighted by Gasteiger charge is -2.37. The van der Waals surface area contributed by atoms with Crippen molar-refractivity contribution in [2.24, 2.45) is 0 Å². The van der Waals surface area contributed by atoms with E-state index in [1.165, 1.54) is 64.6 Å². The van der Waals surface area contributed by atoms with E-state index in [9.17, 15) is 0 Å². The molecule has 1 saturated heterocycles. The van der Waals surface area contributed by atoms with Crippen molar-refractivity contribution < 1.29 is 0 Å². The molecular formula is C13H26N2. The van der Waals surface area contributed by atoms with Crippen molar-refractivity contribution in [3.63, 3.8) is 0 Å². The Kier molecular flexibility index (Phi) is 4.45. The minimum absolute atomic E-state index is 0.777. The van der Waals surface area contributed by atoms with Crippen LogP contribution in [0.15, 0.2) is 0 Å². The minimum atomic E-state index is 0.777. The molecule has 1 heterocycles. The molecule has 88 valence electrons. The van der Waals surface area contributed by atoms with Crippen LogP contribution in [0.3, 0.4) is 0 Å². The maximum absolute atomic E-state index is 3.68. The zero-order chi connectivity index (χ0) is 10.5. The van der Waals surface area contributed by atoms with Crippen LogP contribution in [-0.4, -0.2) is 36.6 Å². The Morgan fingerprint density at radius 1 is 1.13 bits per heavy atom. The zero-order valence-corrected chi connectivity index (χ0v) is 10.2. The first-order valence-electron chi connectivity index (χ1n) is 6.87. The van der Waals surface area contributed by atoms with Gasteiger partial charge in [0.15, 0.2) is 0 Å². The second-order valence-electron chi connectivity index (χ2n) is 5.23. The van der Waals surface area contributed by atoms with E-state index in [1.807, 2.05) is 0 Å². The lowest BCUT2D eigenvalue weighted by molar-refractivity contribution is 0.139. The molecule has 0 amide bonds. The van der Waals surface area contributed by atoms with E-state index in [-0.39, 0.29) is 0 Å². The Labute approximate surface area is 94.4 Å². The van der Waals surface area contributed by atoms with E-state index in [1.54, 1.807) is 0 Å². The summed E-state index contributed by atoms with van der Waals surface area (Å²) < 4.78 is 0. The summed E-state index contributed by atoms with van der Waals surface area (Å²) in [7, 11) is 0. The molecule has 1 unspecified atom stereocenters. The van der Waals surface area contributed by atoms with Crippen LogP contribution in [-0.2, 0) is 0 Å². The topological polar surface area (TPSA) is 15.3 Å². The van der Waals surface area contributed by atoms with Gasteiger partial charge in [-0.25, -0.2) is 0 Å². The fourth-order valence-electron chi connectivity index (χ4n) is 3.12. The third-order valence-electron chi connectivity index (χ3n) is 3.98.